The summed E-state index contributed by atoms with van der Waals surface area (Å²) < 4.78 is 5.32. The number of amides is 1. The minimum absolute atomic E-state index is 0.00148. The van der Waals surface area contributed by atoms with Crippen LogP contribution in [0.3, 0.4) is 0 Å². The molecule has 0 saturated carbocycles. The molecule has 0 aliphatic heterocycles. The molecular weight excluding hydrogens is 278 g/mol. The first-order valence-electron chi connectivity index (χ1n) is 8.04. The van der Waals surface area contributed by atoms with Gasteiger partial charge in [0.1, 0.15) is 12.6 Å². The Bertz CT molecular complexity index is 457. The number of ether oxygens (including phenoxy) is 1. The number of benzene rings is 1. The Morgan fingerprint density at radius 2 is 1.82 bits per heavy atom. The fourth-order valence-electron chi connectivity index (χ4n) is 2.10. The van der Waals surface area contributed by atoms with Crippen LogP contribution in [0.25, 0.3) is 0 Å². The van der Waals surface area contributed by atoms with Crippen LogP contribution in [0.15, 0.2) is 30.3 Å². The van der Waals surface area contributed by atoms with Crippen LogP contribution in [0.1, 0.15) is 52.0 Å². The molecule has 0 aliphatic carbocycles. The van der Waals surface area contributed by atoms with Gasteiger partial charge >= 0.3 is 5.97 Å². The summed E-state index contributed by atoms with van der Waals surface area (Å²) in [5, 5.41) is 2.80. The molecule has 1 N–H and O–H groups in total. The second-order valence-electron chi connectivity index (χ2n) is 5.84. The molecule has 0 radical (unpaired) electrons. The van der Waals surface area contributed by atoms with Gasteiger partial charge in [-0.05, 0) is 17.9 Å². The Hall–Kier alpha value is -1.84. The molecule has 0 saturated heterocycles. The van der Waals surface area contributed by atoms with Crippen LogP contribution >= 0.6 is 0 Å². The lowest BCUT2D eigenvalue weighted by Gasteiger charge is -2.21. The minimum Gasteiger partial charge on any atom is -0.459 e. The number of carbonyl (C=O) groups is 2. The summed E-state index contributed by atoms with van der Waals surface area (Å²) in [6, 6.07) is 8.94. The zero-order valence-electron chi connectivity index (χ0n) is 13.8. The van der Waals surface area contributed by atoms with Gasteiger partial charge in [0.15, 0.2) is 0 Å². The van der Waals surface area contributed by atoms with E-state index in [1.54, 1.807) is 0 Å². The van der Waals surface area contributed by atoms with E-state index in [4.69, 9.17) is 4.74 Å². The van der Waals surface area contributed by atoms with Crippen molar-refractivity contribution in [3.8, 4) is 0 Å². The number of nitrogens with one attached hydrogen (secondary N) is 1. The Morgan fingerprint density at radius 3 is 2.41 bits per heavy atom. The van der Waals surface area contributed by atoms with Gasteiger partial charge < -0.3 is 10.1 Å². The van der Waals surface area contributed by atoms with Gasteiger partial charge in [-0.25, -0.2) is 4.79 Å². The third-order valence-corrected chi connectivity index (χ3v) is 3.47. The number of carbonyl (C=O) groups excluding carboxylic acids is 2. The van der Waals surface area contributed by atoms with E-state index in [2.05, 4.69) is 12.2 Å². The first kappa shape index (κ1) is 18.2. The summed E-state index contributed by atoms with van der Waals surface area (Å²) in [5.41, 5.74) is 0.938. The SMILES string of the molecule is CCCCCC(=O)NC(C(=O)OCc1ccccc1)C(C)C. The molecule has 1 amide bonds. The molecule has 4 heteroatoms. The Balaban J connectivity index is 2.47. The zero-order chi connectivity index (χ0) is 16.4. The summed E-state index contributed by atoms with van der Waals surface area (Å²) in [6.45, 7) is 6.13. The molecule has 1 unspecified atom stereocenters. The highest BCUT2D eigenvalue weighted by Gasteiger charge is 2.25. The van der Waals surface area contributed by atoms with Crippen molar-refractivity contribution in [2.24, 2.45) is 5.92 Å². The smallest absolute Gasteiger partial charge is 0.329 e. The molecule has 0 bridgehead atoms. The number of hydrogen-bond donors (Lipinski definition) is 1. The van der Waals surface area contributed by atoms with E-state index in [9.17, 15) is 9.59 Å². The van der Waals surface area contributed by atoms with Crippen molar-refractivity contribution < 1.29 is 14.3 Å². The molecule has 0 spiro atoms. The van der Waals surface area contributed by atoms with E-state index >= 15 is 0 Å². The van der Waals surface area contributed by atoms with Crippen molar-refractivity contribution >= 4 is 11.9 Å². The highest BCUT2D eigenvalue weighted by atomic mass is 16.5. The number of esters is 1. The second kappa shape index (κ2) is 9.98. The minimum atomic E-state index is -0.585. The van der Waals surface area contributed by atoms with Gasteiger partial charge in [-0.1, -0.05) is 63.9 Å². The monoisotopic (exact) mass is 305 g/mol. The molecule has 1 aromatic carbocycles. The van der Waals surface area contributed by atoms with Gasteiger partial charge in [-0.2, -0.15) is 0 Å². The fraction of sp³-hybridized carbons (Fsp3) is 0.556. The molecule has 22 heavy (non-hydrogen) atoms. The molecule has 4 nitrogen and oxygen atoms in total. The average molecular weight is 305 g/mol. The summed E-state index contributed by atoms with van der Waals surface area (Å²) in [6.07, 6.45) is 3.41. The van der Waals surface area contributed by atoms with Gasteiger partial charge in [0.25, 0.3) is 0 Å². The highest BCUT2D eigenvalue weighted by Crippen LogP contribution is 2.08. The molecule has 1 aromatic rings. The molecule has 0 fully saturated rings. The second-order valence-corrected chi connectivity index (χ2v) is 5.84. The van der Waals surface area contributed by atoms with Gasteiger partial charge in [0.05, 0.1) is 0 Å². The van der Waals surface area contributed by atoms with E-state index in [1.807, 2.05) is 44.2 Å². The summed E-state index contributed by atoms with van der Waals surface area (Å²) in [7, 11) is 0. The summed E-state index contributed by atoms with van der Waals surface area (Å²) in [5.74, 6) is -0.454. The van der Waals surface area contributed by atoms with E-state index in [0.717, 1.165) is 24.8 Å². The first-order valence-corrected chi connectivity index (χ1v) is 8.04. The van der Waals surface area contributed by atoms with E-state index in [1.165, 1.54) is 0 Å². The van der Waals surface area contributed by atoms with Gasteiger partial charge in [0.2, 0.25) is 5.91 Å². The van der Waals surface area contributed by atoms with Crippen LogP contribution < -0.4 is 5.32 Å². The maximum absolute atomic E-state index is 12.2. The molecule has 122 valence electrons. The number of unbranched alkanes of at least 4 members (excludes halogenated alkanes) is 2. The van der Waals surface area contributed by atoms with E-state index in [0.29, 0.717) is 6.42 Å². The third kappa shape index (κ3) is 6.74. The number of hydrogen-bond acceptors (Lipinski definition) is 3. The van der Waals surface area contributed by atoms with Crippen LogP contribution in [-0.2, 0) is 20.9 Å². The normalized spacial score (nSPS) is 12.0. The molecule has 0 heterocycles. The third-order valence-electron chi connectivity index (χ3n) is 3.47. The van der Waals surface area contributed by atoms with Crippen LogP contribution in [0, 0.1) is 5.92 Å². The van der Waals surface area contributed by atoms with Gasteiger partial charge in [-0.3, -0.25) is 4.79 Å². The van der Waals surface area contributed by atoms with Crippen LogP contribution in [-0.4, -0.2) is 17.9 Å². The molecule has 0 aromatic heterocycles. The molecular formula is C18H27NO3. The van der Waals surface area contributed by atoms with Crippen molar-refractivity contribution in [2.45, 2.75) is 59.1 Å². The van der Waals surface area contributed by atoms with Crippen molar-refractivity contribution in [3.05, 3.63) is 35.9 Å². The molecule has 1 atom stereocenters. The Labute approximate surface area is 133 Å². The molecule has 0 aliphatic rings. The van der Waals surface area contributed by atoms with Gasteiger partial charge in [-0.15, -0.1) is 0 Å². The van der Waals surface area contributed by atoms with Crippen molar-refractivity contribution in [3.63, 3.8) is 0 Å². The predicted octanol–water partition coefficient (Wildman–Crippen LogP) is 3.45. The quantitative estimate of drug-likeness (QED) is 0.561. The summed E-state index contributed by atoms with van der Waals surface area (Å²) >= 11 is 0. The lowest BCUT2D eigenvalue weighted by atomic mass is 10.0. The summed E-state index contributed by atoms with van der Waals surface area (Å²) in [4.78, 5) is 24.1. The standard InChI is InChI=1S/C18H27NO3/c1-4-5-7-12-16(20)19-17(14(2)3)18(21)22-13-15-10-8-6-9-11-15/h6,8-11,14,17H,4-5,7,12-13H2,1-3H3,(H,19,20). The lowest BCUT2D eigenvalue weighted by molar-refractivity contribution is -0.150. The number of rotatable bonds is 9. The van der Waals surface area contributed by atoms with Crippen LogP contribution in [0.2, 0.25) is 0 Å². The van der Waals surface area contributed by atoms with E-state index < -0.39 is 6.04 Å². The van der Waals surface area contributed by atoms with Crippen LogP contribution in [0.5, 0.6) is 0 Å². The maximum Gasteiger partial charge on any atom is 0.329 e. The molecule has 1 rings (SSSR count). The lowest BCUT2D eigenvalue weighted by Crippen LogP contribution is -2.45. The van der Waals surface area contributed by atoms with Crippen LogP contribution in [0.4, 0.5) is 0 Å². The van der Waals surface area contributed by atoms with Gasteiger partial charge in [0, 0.05) is 6.42 Å². The van der Waals surface area contributed by atoms with Crippen molar-refractivity contribution in [1.82, 2.24) is 5.32 Å². The largest absolute Gasteiger partial charge is 0.459 e. The average Bonchev–Trinajstić information content (AvgIpc) is 2.51. The topological polar surface area (TPSA) is 55.4 Å². The fourth-order valence-corrected chi connectivity index (χ4v) is 2.10. The predicted molar refractivity (Wildman–Crippen MR) is 87.1 cm³/mol. The van der Waals surface area contributed by atoms with E-state index in [-0.39, 0.29) is 24.4 Å². The highest BCUT2D eigenvalue weighted by molar-refractivity contribution is 5.84. The first-order chi connectivity index (χ1) is 10.5. The zero-order valence-corrected chi connectivity index (χ0v) is 13.8. The van der Waals surface area contributed by atoms with Crippen molar-refractivity contribution in [2.75, 3.05) is 0 Å². The Kier molecular flexibility index (Phi) is 8.26. The van der Waals surface area contributed by atoms with Crippen molar-refractivity contribution in [1.29, 1.82) is 0 Å². The Morgan fingerprint density at radius 1 is 1.14 bits per heavy atom. The maximum atomic E-state index is 12.2.